The molecule has 8 heteroatoms. The summed E-state index contributed by atoms with van der Waals surface area (Å²) >= 11 is 0. The Kier molecular flexibility index (Phi) is 10.6. The van der Waals surface area contributed by atoms with Crippen LogP contribution in [0.3, 0.4) is 0 Å². The molecule has 0 heterocycles. The van der Waals surface area contributed by atoms with Crippen molar-refractivity contribution in [3.63, 3.8) is 0 Å². The first-order valence-electron chi connectivity index (χ1n) is 11.8. The molecule has 0 fully saturated rings. The van der Waals surface area contributed by atoms with E-state index in [1.807, 2.05) is 44.2 Å². The molecule has 0 aliphatic heterocycles. The zero-order valence-electron chi connectivity index (χ0n) is 21.3. The predicted octanol–water partition coefficient (Wildman–Crippen LogP) is 4.63. The molecule has 0 unspecified atom stereocenters. The van der Waals surface area contributed by atoms with Crippen LogP contribution in [0.4, 0.5) is 10.5 Å². The lowest BCUT2D eigenvalue weighted by molar-refractivity contribution is -0.121. The number of benzene rings is 2. The summed E-state index contributed by atoms with van der Waals surface area (Å²) in [5, 5.41) is 8.23. The number of hydrogen-bond donors (Lipinski definition) is 3. The third-order valence-corrected chi connectivity index (χ3v) is 4.95. The third kappa shape index (κ3) is 10.9. The highest BCUT2D eigenvalue weighted by atomic mass is 16.6. The molecule has 0 saturated heterocycles. The van der Waals surface area contributed by atoms with Crippen LogP contribution in [0.1, 0.15) is 56.7 Å². The highest BCUT2D eigenvalue weighted by Gasteiger charge is 2.16. The molecule has 8 nitrogen and oxygen atoms in total. The lowest BCUT2D eigenvalue weighted by atomic mass is 10.1. The number of aryl methyl sites for hydroxylation is 2. The zero-order chi connectivity index (χ0) is 25.8. The Morgan fingerprint density at radius 3 is 2.14 bits per heavy atom. The quantitative estimate of drug-likeness (QED) is 0.404. The molecule has 2 aromatic carbocycles. The van der Waals surface area contributed by atoms with Crippen LogP contribution in [-0.2, 0) is 20.9 Å². The summed E-state index contributed by atoms with van der Waals surface area (Å²) in [5.74, 6) is 0.634. The average molecular weight is 484 g/mol. The number of carbonyl (C=O) groups excluding carboxylic acids is 3. The van der Waals surface area contributed by atoms with E-state index in [2.05, 4.69) is 16.0 Å². The van der Waals surface area contributed by atoms with Gasteiger partial charge in [-0.1, -0.05) is 30.3 Å². The molecule has 0 aliphatic carbocycles. The summed E-state index contributed by atoms with van der Waals surface area (Å²) in [4.78, 5) is 35.8. The zero-order valence-corrected chi connectivity index (χ0v) is 21.3. The second-order valence-electron chi connectivity index (χ2n) is 9.37. The number of anilines is 1. The molecule has 3 amide bonds. The van der Waals surface area contributed by atoms with Gasteiger partial charge in [0.25, 0.3) is 0 Å². The van der Waals surface area contributed by atoms with Crippen LogP contribution < -0.4 is 20.7 Å². The van der Waals surface area contributed by atoms with Gasteiger partial charge in [0, 0.05) is 31.6 Å². The number of alkyl carbamates (subject to hydrolysis) is 1. The maximum absolute atomic E-state index is 12.1. The van der Waals surface area contributed by atoms with Crippen molar-refractivity contribution in [2.24, 2.45) is 0 Å². The Morgan fingerprint density at radius 1 is 0.857 bits per heavy atom. The van der Waals surface area contributed by atoms with Crippen LogP contribution in [0.2, 0.25) is 0 Å². The van der Waals surface area contributed by atoms with Gasteiger partial charge in [-0.3, -0.25) is 9.59 Å². The van der Waals surface area contributed by atoms with Crippen molar-refractivity contribution in [1.82, 2.24) is 10.6 Å². The van der Waals surface area contributed by atoms with Crippen LogP contribution in [0.15, 0.2) is 42.5 Å². The van der Waals surface area contributed by atoms with E-state index < -0.39 is 11.7 Å². The van der Waals surface area contributed by atoms with E-state index >= 15 is 0 Å². The van der Waals surface area contributed by atoms with Crippen molar-refractivity contribution in [3.05, 3.63) is 59.2 Å². The molecular weight excluding hydrogens is 446 g/mol. The number of hydrogen-bond acceptors (Lipinski definition) is 5. The van der Waals surface area contributed by atoms with E-state index in [1.165, 1.54) is 0 Å². The Bertz CT molecular complexity index is 977. The molecule has 0 spiro atoms. The van der Waals surface area contributed by atoms with Gasteiger partial charge in [0.05, 0.1) is 6.61 Å². The molecule has 0 radical (unpaired) electrons. The van der Waals surface area contributed by atoms with Crippen molar-refractivity contribution in [1.29, 1.82) is 0 Å². The molecular formula is C27H37N3O5. The summed E-state index contributed by atoms with van der Waals surface area (Å²) in [6.45, 7) is 10.4. The van der Waals surface area contributed by atoms with Crippen LogP contribution in [-0.4, -0.2) is 36.7 Å². The molecule has 2 rings (SSSR count). The second kappa shape index (κ2) is 13.4. The summed E-state index contributed by atoms with van der Waals surface area (Å²) in [6, 6.07) is 13.3. The van der Waals surface area contributed by atoms with Crippen molar-refractivity contribution < 1.29 is 23.9 Å². The first-order chi connectivity index (χ1) is 16.5. The van der Waals surface area contributed by atoms with E-state index in [9.17, 15) is 14.4 Å². The Balaban J connectivity index is 1.63. The van der Waals surface area contributed by atoms with E-state index in [0.29, 0.717) is 31.7 Å². The molecule has 35 heavy (non-hydrogen) atoms. The van der Waals surface area contributed by atoms with Gasteiger partial charge in [-0.15, -0.1) is 0 Å². The standard InChI is InChI=1S/C27H37N3O5/c1-19-8-6-9-20(2)25(19)34-17-7-10-23(31)29-18-21-11-13-22(14-12-21)30-24(32)15-16-28-26(33)35-27(3,4)5/h6,8-9,11-14H,7,10,15-18H2,1-5H3,(H,28,33)(H,29,31)(H,30,32). The maximum Gasteiger partial charge on any atom is 0.407 e. The van der Waals surface area contributed by atoms with Crippen LogP contribution in [0.25, 0.3) is 0 Å². The fraction of sp³-hybridized carbons (Fsp3) is 0.444. The first-order valence-corrected chi connectivity index (χ1v) is 11.8. The van der Waals surface area contributed by atoms with Gasteiger partial charge in [-0.2, -0.15) is 0 Å². The number of amides is 3. The fourth-order valence-corrected chi connectivity index (χ4v) is 3.24. The van der Waals surface area contributed by atoms with Crippen LogP contribution in [0, 0.1) is 13.8 Å². The topological polar surface area (TPSA) is 106 Å². The monoisotopic (exact) mass is 483 g/mol. The molecule has 2 aromatic rings. The number of carbonyl (C=O) groups is 3. The number of ether oxygens (including phenoxy) is 2. The van der Waals surface area contributed by atoms with Gasteiger partial charge >= 0.3 is 6.09 Å². The summed E-state index contributed by atoms with van der Waals surface area (Å²) < 4.78 is 11.0. The van der Waals surface area contributed by atoms with Gasteiger partial charge in [-0.05, 0) is 69.9 Å². The lowest BCUT2D eigenvalue weighted by Gasteiger charge is -2.19. The molecule has 190 valence electrons. The molecule has 3 N–H and O–H groups in total. The Hall–Kier alpha value is -3.55. The first kappa shape index (κ1) is 27.7. The van der Waals surface area contributed by atoms with E-state index in [4.69, 9.17) is 9.47 Å². The number of rotatable bonds is 11. The molecule has 0 atom stereocenters. The van der Waals surface area contributed by atoms with Crippen LogP contribution >= 0.6 is 0 Å². The average Bonchev–Trinajstić information content (AvgIpc) is 2.76. The molecule has 0 saturated carbocycles. The SMILES string of the molecule is Cc1cccc(C)c1OCCCC(=O)NCc1ccc(NC(=O)CCNC(=O)OC(C)(C)C)cc1. The molecule has 0 aromatic heterocycles. The molecule has 0 bridgehead atoms. The largest absolute Gasteiger partial charge is 0.493 e. The summed E-state index contributed by atoms with van der Waals surface area (Å²) in [6.07, 6.45) is 0.596. The van der Waals surface area contributed by atoms with Crippen molar-refractivity contribution in [2.45, 2.75) is 66.0 Å². The maximum atomic E-state index is 12.1. The van der Waals surface area contributed by atoms with E-state index in [-0.39, 0.29) is 24.8 Å². The van der Waals surface area contributed by atoms with Gasteiger partial charge in [-0.25, -0.2) is 4.79 Å². The minimum Gasteiger partial charge on any atom is -0.493 e. The highest BCUT2D eigenvalue weighted by molar-refractivity contribution is 5.91. The Morgan fingerprint density at radius 2 is 1.51 bits per heavy atom. The fourth-order valence-electron chi connectivity index (χ4n) is 3.24. The molecule has 0 aliphatic rings. The normalized spacial score (nSPS) is 10.9. The van der Waals surface area contributed by atoms with E-state index in [1.54, 1.807) is 32.9 Å². The minimum absolute atomic E-state index is 0.0371. The smallest absolute Gasteiger partial charge is 0.407 e. The second-order valence-corrected chi connectivity index (χ2v) is 9.37. The minimum atomic E-state index is -0.581. The van der Waals surface area contributed by atoms with Gasteiger partial charge < -0.3 is 25.4 Å². The van der Waals surface area contributed by atoms with Gasteiger partial charge in [0.1, 0.15) is 11.4 Å². The summed E-state index contributed by atoms with van der Waals surface area (Å²) in [5.41, 5.74) is 3.17. The third-order valence-electron chi connectivity index (χ3n) is 4.95. The Labute approximate surface area is 207 Å². The highest BCUT2D eigenvalue weighted by Crippen LogP contribution is 2.22. The predicted molar refractivity (Wildman–Crippen MR) is 136 cm³/mol. The number of nitrogens with one attached hydrogen (secondary N) is 3. The van der Waals surface area contributed by atoms with Gasteiger partial charge in [0.2, 0.25) is 11.8 Å². The van der Waals surface area contributed by atoms with E-state index in [0.717, 1.165) is 22.4 Å². The summed E-state index contributed by atoms with van der Waals surface area (Å²) in [7, 11) is 0. The van der Waals surface area contributed by atoms with Crippen LogP contribution in [0.5, 0.6) is 5.75 Å². The van der Waals surface area contributed by atoms with Gasteiger partial charge in [0.15, 0.2) is 0 Å². The number of para-hydroxylation sites is 1. The van der Waals surface area contributed by atoms with Crippen molar-refractivity contribution in [2.75, 3.05) is 18.5 Å². The van der Waals surface area contributed by atoms with Crippen molar-refractivity contribution >= 4 is 23.6 Å². The van der Waals surface area contributed by atoms with Crippen molar-refractivity contribution in [3.8, 4) is 5.75 Å². The lowest BCUT2D eigenvalue weighted by Crippen LogP contribution is -2.34.